The summed E-state index contributed by atoms with van der Waals surface area (Å²) in [6.07, 6.45) is 6.89. The van der Waals surface area contributed by atoms with Crippen LogP contribution in [0.25, 0.3) is 11.5 Å². The molecule has 0 bridgehead atoms. The normalized spacial score (nSPS) is 18.4. The van der Waals surface area contributed by atoms with E-state index < -0.39 is 17.7 Å². The number of hydrogen-bond acceptors (Lipinski definition) is 7. The number of nitrogens with zero attached hydrogens (tertiary/aromatic N) is 3. The van der Waals surface area contributed by atoms with Crippen LogP contribution in [0.15, 0.2) is 34.9 Å². The second-order valence-electron chi connectivity index (χ2n) is 9.76. The number of hydrogen-bond donors (Lipinski definition) is 1. The molecule has 2 heterocycles. The van der Waals surface area contributed by atoms with E-state index in [1.165, 1.54) is 6.42 Å². The van der Waals surface area contributed by atoms with Crippen LogP contribution in [0.5, 0.6) is 0 Å². The molecule has 1 saturated carbocycles. The predicted molar refractivity (Wildman–Crippen MR) is 133 cm³/mol. The number of Topliss-reactive ketones (excluding diaryl/α,β-unsaturated/α-hetero) is 1. The number of carbonyl (C=O) groups excluding carboxylic acids is 3. The minimum absolute atomic E-state index is 0.0284. The molecule has 194 valence electrons. The highest BCUT2D eigenvalue weighted by molar-refractivity contribution is 5.99. The lowest BCUT2D eigenvalue weighted by Crippen LogP contribution is -2.46. The first-order valence-corrected chi connectivity index (χ1v) is 13.1. The number of ketones is 1. The lowest BCUT2D eigenvalue weighted by Gasteiger charge is -2.30. The quantitative estimate of drug-likeness (QED) is 0.499. The number of aromatic nitrogens is 2. The molecule has 9 heteroatoms. The number of benzene rings is 1. The molecule has 1 aliphatic carbocycles. The van der Waals surface area contributed by atoms with Crippen molar-refractivity contribution in [1.82, 2.24) is 20.4 Å². The van der Waals surface area contributed by atoms with Crippen LogP contribution in [-0.4, -0.2) is 65.0 Å². The summed E-state index contributed by atoms with van der Waals surface area (Å²) >= 11 is 0. The zero-order valence-electron chi connectivity index (χ0n) is 21.0. The molecule has 0 spiro atoms. The molecule has 1 aliphatic heterocycles. The third-order valence-corrected chi connectivity index (χ3v) is 7.21. The molecule has 2 aromatic rings. The summed E-state index contributed by atoms with van der Waals surface area (Å²) in [5.41, 5.74) is 0.718. The largest absolute Gasteiger partial charge is 0.378 e. The fourth-order valence-corrected chi connectivity index (χ4v) is 5.08. The first kappa shape index (κ1) is 26.0. The molecule has 0 radical (unpaired) electrons. The smallest absolute Gasteiger partial charge is 0.258 e. The number of morpholine rings is 1. The van der Waals surface area contributed by atoms with E-state index in [9.17, 15) is 14.4 Å². The van der Waals surface area contributed by atoms with Gasteiger partial charge in [-0.3, -0.25) is 14.4 Å². The first-order chi connectivity index (χ1) is 17.5. The molecule has 2 aliphatic rings. The number of amides is 2. The van der Waals surface area contributed by atoms with Gasteiger partial charge in [-0.1, -0.05) is 62.4 Å². The van der Waals surface area contributed by atoms with Gasteiger partial charge in [-0.2, -0.15) is 4.98 Å². The Balaban J connectivity index is 1.43. The predicted octanol–water partition coefficient (Wildman–Crippen LogP) is 3.65. The SMILES string of the molecule is CC[C@@H](NC(=O)[C@H](CC(=O)N1CCOCC1)CC1CCCCC1)C(=O)c1noc(-c2ccccc2)n1. The molecule has 2 atom stereocenters. The van der Waals surface area contributed by atoms with Crippen LogP contribution in [0.3, 0.4) is 0 Å². The summed E-state index contributed by atoms with van der Waals surface area (Å²) in [6, 6.07) is 8.43. The lowest BCUT2D eigenvalue weighted by molar-refractivity contribution is -0.140. The van der Waals surface area contributed by atoms with Crippen molar-refractivity contribution in [2.75, 3.05) is 26.3 Å². The Morgan fingerprint density at radius 2 is 1.81 bits per heavy atom. The Kier molecular flexibility index (Phi) is 9.22. The van der Waals surface area contributed by atoms with E-state index in [-0.39, 0.29) is 30.0 Å². The van der Waals surface area contributed by atoms with Crippen LogP contribution in [0, 0.1) is 11.8 Å². The van der Waals surface area contributed by atoms with Gasteiger partial charge in [-0.15, -0.1) is 0 Å². The van der Waals surface area contributed by atoms with Crippen LogP contribution in [0.4, 0.5) is 0 Å². The van der Waals surface area contributed by atoms with E-state index >= 15 is 0 Å². The van der Waals surface area contributed by atoms with Crippen LogP contribution in [0.1, 0.15) is 68.9 Å². The molecule has 1 N–H and O–H groups in total. The highest BCUT2D eigenvalue weighted by Crippen LogP contribution is 2.31. The molecule has 1 aromatic carbocycles. The number of carbonyl (C=O) groups is 3. The fraction of sp³-hybridized carbons (Fsp3) is 0.593. The molecule has 0 unspecified atom stereocenters. The van der Waals surface area contributed by atoms with Crippen LogP contribution in [0.2, 0.25) is 0 Å². The third-order valence-electron chi connectivity index (χ3n) is 7.21. The lowest BCUT2D eigenvalue weighted by atomic mass is 9.81. The number of nitrogens with one attached hydrogen (secondary N) is 1. The fourth-order valence-electron chi connectivity index (χ4n) is 5.08. The minimum Gasteiger partial charge on any atom is -0.378 e. The van der Waals surface area contributed by atoms with E-state index in [0.29, 0.717) is 45.1 Å². The van der Waals surface area contributed by atoms with Gasteiger partial charge >= 0.3 is 0 Å². The number of rotatable bonds is 10. The van der Waals surface area contributed by atoms with Gasteiger partial charge in [-0.25, -0.2) is 0 Å². The highest BCUT2D eigenvalue weighted by atomic mass is 16.5. The van der Waals surface area contributed by atoms with Crippen LogP contribution >= 0.6 is 0 Å². The maximum atomic E-state index is 13.4. The second-order valence-corrected chi connectivity index (χ2v) is 9.76. The summed E-state index contributed by atoms with van der Waals surface area (Å²) in [4.78, 5) is 45.6. The van der Waals surface area contributed by atoms with Crippen molar-refractivity contribution in [2.45, 2.75) is 64.3 Å². The van der Waals surface area contributed by atoms with E-state index in [0.717, 1.165) is 31.2 Å². The first-order valence-electron chi connectivity index (χ1n) is 13.1. The van der Waals surface area contributed by atoms with E-state index in [4.69, 9.17) is 9.26 Å². The summed E-state index contributed by atoms with van der Waals surface area (Å²) < 4.78 is 10.6. The van der Waals surface area contributed by atoms with Crippen molar-refractivity contribution in [1.29, 1.82) is 0 Å². The van der Waals surface area contributed by atoms with Gasteiger partial charge in [-0.05, 0) is 30.9 Å². The Morgan fingerprint density at radius 3 is 2.50 bits per heavy atom. The zero-order valence-corrected chi connectivity index (χ0v) is 21.0. The van der Waals surface area contributed by atoms with Gasteiger partial charge in [0.1, 0.15) is 0 Å². The molecule has 1 saturated heterocycles. The average Bonchev–Trinajstić information content (AvgIpc) is 3.43. The summed E-state index contributed by atoms with van der Waals surface area (Å²) in [7, 11) is 0. The van der Waals surface area contributed by atoms with E-state index in [2.05, 4.69) is 15.5 Å². The Hall–Kier alpha value is -3.07. The highest BCUT2D eigenvalue weighted by Gasteiger charge is 2.32. The third kappa shape index (κ3) is 6.78. The van der Waals surface area contributed by atoms with Gasteiger partial charge in [0.05, 0.1) is 19.3 Å². The van der Waals surface area contributed by atoms with Crippen molar-refractivity contribution in [2.24, 2.45) is 11.8 Å². The van der Waals surface area contributed by atoms with E-state index in [1.807, 2.05) is 37.3 Å². The van der Waals surface area contributed by atoms with Crippen molar-refractivity contribution >= 4 is 17.6 Å². The van der Waals surface area contributed by atoms with E-state index in [1.54, 1.807) is 4.90 Å². The molecule has 36 heavy (non-hydrogen) atoms. The van der Waals surface area contributed by atoms with Gasteiger partial charge in [0.15, 0.2) is 0 Å². The molecule has 4 rings (SSSR count). The molecule has 2 fully saturated rings. The summed E-state index contributed by atoms with van der Waals surface area (Å²) in [5, 5.41) is 6.76. The van der Waals surface area contributed by atoms with Crippen molar-refractivity contribution < 1.29 is 23.6 Å². The van der Waals surface area contributed by atoms with Gasteiger partial charge < -0.3 is 19.5 Å². The Bertz CT molecular complexity index is 1010. The zero-order chi connectivity index (χ0) is 25.3. The van der Waals surface area contributed by atoms with Crippen molar-refractivity contribution in [3.05, 3.63) is 36.2 Å². The standard InChI is InChI=1S/C27H36N4O5/c1-2-22(24(33)25-29-27(36-30-25)20-11-7-4-8-12-20)28-26(34)21(17-19-9-5-3-6-10-19)18-23(32)31-13-15-35-16-14-31/h4,7-8,11-12,19,21-22H,2-3,5-6,9-10,13-18H2,1H3,(H,28,34)/t21-,22+/m0/s1. The number of ether oxygens (including phenoxy) is 1. The van der Waals surface area contributed by atoms with Crippen molar-refractivity contribution in [3.8, 4) is 11.5 Å². The van der Waals surface area contributed by atoms with Crippen LogP contribution in [-0.2, 0) is 14.3 Å². The summed E-state index contributed by atoms with van der Waals surface area (Å²) in [5.74, 6) is -0.536. The molecule has 2 amide bonds. The Morgan fingerprint density at radius 1 is 1.08 bits per heavy atom. The minimum atomic E-state index is -0.786. The Labute approximate surface area is 212 Å². The monoisotopic (exact) mass is 496 g/mol. The molecule has 1 aromatic heterocycles. The maximum Gasteiger partial charge on any atom is 0.258 e. The molecular formula is C27H36N4O5. The molecule has 9 nitrogen and oxygen atoms in total. The van der Waals surface area contributed by atoms with Crippen LogP contribution < -0.4 is 5.32 Å². The topological polar surface area (TPSA) is 115 Å². The summed E-state index contributed by atoms with van der Waals surface area (Å²) in [6.45, 7) is 3.97. The average molecular weight is 497 g/mol. The second kappa shape index (κ2) is 12.8. The van der Waals surface area contributed by atoms with Crippen molar-refractivity contribution in [3.63, 3.8) is 0 Å². The van der Waals surface area contributed by atoms with Gasteiger partial charge in [0.25, 0.3) is 5.89 Å². The maximum absolute atomic E-state index is 13.4. The molecular weight excluding hydrogens is 460 g/mol. The van der Waals surface area contributed by atoms with Gasteiger partial charge in [0, 0.05) is 31.0 Å². The van der Waals surface area contributed by atoms with Gasteiger partial charge in [0.2, 0.25) is 23.4 Å².